The lowest BCUT2D eigenvalue weighted by atomic mass is 9.87. The molecule has 2 aromatic heterocycles. The van der Waals surface area contributed by atoms with E-state index in [4.69, 9.17) is 14.5 Å². The Morgan fingerprint density at radius 2 is 1.85 bits per heavy atom. The highest BCUT2D eigenvalue weighted by atomic mass is 16.5. The predicted molar refractivity (Wildman–Crippen MR) is 134 cm³/mol. The van der Waals surface area contributed by atoms with Crippen LogP contribution in [0.15, 0.2) is 60.8 Å². The van der Waals surface area contributed by atoms with Crippen molar-refractivity contribution in [3.8, 4) is 11.5 Å². The Morgan fingerprint density at radius 1 is 1.06 bits per heavy atom. The van der Waals surface area contributed by atoms with Gasteiger partial charge in [0.25, 0.3) is 0 Å². The number of nitrogens with one attached hydrogen (secondary N) is 1. The van der Waals surface area contributed by atoms with E-state index in [1.807, 2.05) is 35.9 Å². The summed E-state index contributed by atoms with van der Waals surface area (Å²) in [6.45, 7) is 8.72. The second-order valence-electron chi connectivity index (χ2n) is 9.17. The molecule has 176 valence electrons. The van der Waals surface area contributed by atoms with Gasteiger partial charge in [-0.05, 0) is 48.2 Å². The van der Waals surface area contributed by atoms with E-state index in [2.05, 4.69) is 49.3 Å². The largest absolute Gasteiger partial charge is 0.466 e. The van der Waals surface area contributed by atoms with Gasteiger partial charge < -0.3 is 19.4 Å². The standard InChI is InChI=1S/C27H30N4O3/c1-6-33-25(32)16-20-15-22(12-13-28-20)34-21-10-11-24-23(17-21)30-26(31(24)5)29-19-9-7-8-18(14-19)27(2,3)4/h7-15,17H,6,16H2,1-5H3,(H,29,30). The number of fused-ring (bicyclic) bond motifs is 1. The van der Waals surface area contributed by atoms with E-state index in [1.165, 1.54) is 5.56 Å². The molecule has 0 saturated heterocycles. The van der Waals surface area contributed by atoms with Gasteiger partial charge in [-0.2, -0.15) is 0 Å². The molecule has 0 unspecified atom stereocenters. The number of aryl methyl sites for hydroxylation is 1. The summed E-state index contributed by atoms with van der Waals surface area (Å²) in [5.41, 5.74) is 4.72. The second-order valence-corrected chi connectivity index (χ2v) is 9.17. The number of rotatable bonds is 7. The highest BCUT2D eigenvalue weighted by molar-refractivity contribution is 5.81. The Labute approximate surface area is 199 Å². The number of ether oxygens (including phenoxy) is 2. The molecule has 0 aliphatic carbocycles. The minimum absolute atomic E-state index is 0.0689. The third kappa shape index (κ3) is 5.36. The molecule has 4 aromatic rings. The van der Waals surface area contributed by atoms with Crippen molar-refractivity contribution in [2.24, 2.45) is 7.05 Å². The van der Waals surface area contributed by atoms with Crippen LogP contribution in [0.5, 0.6) is 11.5 Å². The van der Waals surface area contributed by atoms with E-state index in [1.54, 1.807) is 25.3 Å². The van der Waals surface area contributed by atoms with Crippen molar-refractivity contribution in [2.75, 3.05) is 11.9 Å². The van der Waals surface area contributed by atoms with Crippen LogP contribution in [-0.4, -0.2) is 27.1 Å². The summed E-state index contributed by atoms with van der Waals surface area (Å²) < 4.78 is 13.0. The van der Waals surface area contributed by atoms with E-state index in [-0.39, 0.29) is 17.8 Å². The molecule has 0 aliphatic heterocycles. The lowest BCUT2D eigenvalue weighted by molar-refractivity contribution is -0.142. The fourth-order valence-electron chi connectivity index (χ4n) is 3.66. The lowest BCUT2D eigenvalue weighted by Gasteiger charge is -2.20. The summed E-state index contributed by atoms with van der Waals surface area (Å²) in [4.78, 5) is 20.7. The van der Waals surface area contributed by atoms with Crippen LogP contribution >= 0.6 is 0 Å². The molecule has 2 aromatic carbocycles. The van der Waals surface area contributed by atoms with Crippen LogP contribution in [0.1, 0.15) is 39.0 Å². The number of carbonyl (C=O) groups is 1. The third-order valence-electron chi connectivity index (χ3n) is 5.49. The molecule has 0 radical (unpaired) electrons. The fraction of sp³-hybridized carbons (Fsp3) is 0.296. The quantitative estimate of drug-likeness (QED) is 0.347. The molecule has 0 amide bonds. The first-order valence-corrected chi connectivity index (χ1v) is 11.4. The molecule has 0 spiro atoms. The molecule has 0 saturated carbocycles. The van der Waals surface area contributed by atoms with Gasteiger partial charge in [0, 0.05) is 31.1 Å². The van der Waals surface area contributed by atoms with Crippen LogP contribution in [0.3, 0.4) is 0 Å². The number of hydrogen-bond donors (Lipinski definition) is 1. The molecule has 0 fully saturated rings. The number of esters is 1. The van der Waals surface area contributed by atoms with Crippen LogP contribution in [0.2, 0.25) is 0 Å². The topological polar surface area (TPSA) is 78.3 Å². The van der Waals surface area contributed by atoms with Crippen LogP contribution in [0, 0.1) is 0 Å². The zero-order valence-corrected chi connectivity index (χ0v) is 20.3. The van der Waals surface area contributed by atoms with Gasteiger partial charge >= 0.3 is 5.97 Å². The van der Waals surface area contributed by atoms with Gasteiger partial charge in [0.1, 0.15) is 11.5 Å². The first-order chi connectivity index (χ1) is 16.2. The number of benzene rings is 2. The Bertz CT molecular complexity index is 1320. The average Bonchev–Trinajstić information content (AvgIpc) is 3.08. The second kappa shape index (κ2) is 9.55. The fourth-order valence-corrected chi connectivity index (χ4v) is 3.66. The summed E-state index contributed by atoms with van der Waals surface area (Å²) in [5.74, 6) is 1.69. The number of imidazole rings is 1. The first-order valence-electron chi connectivity index (χ1n) is 11.4. The molecular formula is C27H30N4O3. The summed E-state index contributed by atoms with van der Waals surface area (Å²) in [6.07, 6.45) is 1.73. The Balaban J connectivity index is 1.54. The van der Waals surface area contributed by atoms with Gasteiger partial charge in [-0.3, -0.25) is 9.78 Å². The Hall–Kier alpha value is -3.87. The van der Waals surface area contributed by atoms with Crippen LogP contribution in [-0.2, 0) is 28.4 Å². The van der Waals surface area contributed by atoms with Crippen molar-refractivity contribution in [1.29, 1.82) is 0 Å². The van der Waals surface area contributed by atoms with Crippen LogP contribution in [0.4, 0.5) is 11.6 Å². The molecular weight excluding hydrogens is 428 g/mol. The summed E-state index contributed by atoms with van der Waals surface area (Å²) >= 11 is 0. The lowest BCUT2D eigenvalue weighted by Crippen LogP contribution is -2.11. The molecule has 4 rings (SSSR count). The van der Waals surface area contributed by atoms with Crippen molar-refractivity contribution in [2.45, 2.75) is 39.5 Å². The SMILES string of the molecule is CCOC(=O)Cc1cc(Oc2ccc3c(c2)nc(Nc2cccc(C(C)(C)C)c2)n3C)ccn1. The molecule has 7 heteroatoms. The molecule has 34 heavy (non-hydrogen) atoms. The highest BCUT2D eigenvalue weighted by Gasteiger charge is 2.15. The summed E-state index contributed by atoms with van der Waals surface area (Å²) in [5, 5.41) is 3.44. The number of pyridine rings is 1. The molecule has 0 bridgehead atoms. The van der Waals surface area contributed by atoms with Crippen molar-refractivity contribution < 1.29 is 14.3 Å². The van der Waals surface area contributed by atoms with E-state index >= 15 is 0 Å². The zero-order valence-electron chi connectivity index (χ0n) is 20.3. The van der Waals surface area contributed by atoms with Gasteiger partial charge in [-0.25, -0.2) is 4.98 Å². The van der Waals surface area contributed by atoms with E-state index in [0.29, 0.717) is 23.8 Å². The van der Waals surface area contributed by atoms with Crippen LogP contribution < -0.4 is 10.1 Å². The average molecular weight is 459 g/mol. The van der Waals surface area contributed by atoms with Crippen molar-refractivity contribution >= 4 is 28.6 Å². The maximum atomic E-state index is 11.7. The van der Waals surface area contributed by atoms with Gasteiger partial charge in [-0.1, -0.05) is 32.9 Å². The van der Waals surface area contributed by atoms with Crippen molar-refractivity contribution in [3.05, 3.63) is 72.1 Å². The molecule has 2 heterocycles. The number of nitrogens with zero attached hydrogens (tertiary/aromatic N) is 3. The summed E-state index contributed by atoms with van der Waals surface area (Å²) in [7, 11) is 1.98. The maximum absolute atomic E-state index is 11.7. The van der Waals surface area contributed by atoms with Crippen LogP contribution in [0.25, 0.3) is 11.0 Å². The summed E-state index contributed by atoms with van der Waals surface area (Å²) in [6, 6.07) is 17.7. The Morgan fingerprint density at radius 3 is 2.62 bits per heavy atom. The highest BCUT2D eigenvalue weighted by Crippen LogP contribution is 2.30. The van der Waals surface area contributed by atoms with E-state index < -0.39 is 0 Å². The van der Waals surface area contributed by atoms with Gasteiger partial charge in [0.2, 0.25) is 5.95 Å². The Kier molecular flexibility index (Phi) is 6.54. The number of aromatic nitrogens is 3. The third-order valence-corrected chi connectivity index (χ3v) is 5.49. The van der Waals surface area contributed by atoms with Crippen molar-refractivity contribution in [3.63, 3.8) is 0 Å². The van der Waals surface area contributed by atoms with Gasteiger partial charge in [0.15, 0.2) is 0 Å². The maximum Gasteiger partial charge on any atom is 0.311 e. The van der Waals surface area contributed by atoms with E-state index in [9.17, 15) is 4.79 Å². The van der Waals surface area contributed by atoms with E-state index in [0.717, 1.165) is 22.7 Å². The molecule has 7 nitrogen and oxygen atoms in total. The number of hydrogen-bond acceptors (Lipinski definition) is 6. The number of anilines is 2. The molecule has 1 N–H and O–H groups in total. The normalized spacial score (nSPS) is 11.4. The van der Waals surface area contributed by atoms with Crippen molar-refractivity contribution in [1.82, 2.24) is 14.5 Å². The zero-order chi connectivity index (χ0) is 24.3. The minimum Gasteiger partial charge on any atom is -0.466 e. The number of carbonyl (C=O) groups excluding carboxylic acids is 1. The first kappa shape index (κ1) is 23.3. The van der Waals surface area contributed by atoms with Gasteiger partial charge in [0.05, 0.1) is 29.8 Å². The minimum atomic E-state index is -0.310. The monoisotopic (exact) mass is 458 g/mol. The smallest absolute Gasteiger partial charge is 0.311 e. The predicted octanol–water partition coefficient (Wildman–Crippen LogP) is 5.91. The van der Waals surface area contributed by atoms with Gasteiger partial charge in [-0.15, -0.1) is 0 Å². The molecule has 0 aliphatic rings. The molecule has 0 atom stereocenters.